The maximum atomic E-state index is 12.3. The van der Waals surface area contributed by atoms with Crippen molar-refractivity contribution in [3.63, 3.8) is 0 Å². The Balaban J connectivity index is 3.37. The van der Waals surface area contributed by atoms with Gasteiger partial charge in [0.05, 0.1) is 6.61 Å². The second kappa shape index (κ2) is 64.9. The summed E-state index contributed by atoms with van der Waals surface area (Å²) in [4.78, 5) is 24.6. The molecule has 0 saturated heterocycles. The molecule has 0 aromatic rings. The van der Waals surface area contributed by atoms with Gasteiger partial charge in [-0.3, -0.25) is 9.59 Å². The summed E-state index contributed by atoms with van der Waals surface area (Å²) in [5.41, 5.74) is 0. The molecule has 0 amide bonds. The van der Waals surface area contributed by atoms with E-state index >= 15 is 0 Å². The predicted molar refractivity (Wildman–Crippen MR) is 321 cm³/mol. The first-order valence-corrected chi connectivity index (χ1v) is 33.7. The SMILES string of the molecule is CCCCCCCCCC/C=C\CCCCCCCCCCCCCCCCCCCC(=O)OC(CO)COC(=O)CCCCCCCCCCCCCCCCCCCCCCCCCCCCCCCC. The average molecular weight is 1030 g/mol. The smallest absolute Gasteiger partial charge is 0.306 e. The highest BCUT2D eigenvalue weighted by Gasteiger charge is 2.16. The first kappa shape index (κ1) is 71.6. The third-order valence-electron chi connectivity index (χ3n) is 15.8. The molecule has 1 atom stereocenters. The zero-order chi connectivity index (χ0) is 52.7. The van der Waals surface area contributed by atoms with E-state index in [1.807, 2.05) is 0 Å². The van der Waals surface area contributed by atoms with Crippen molar-refractivity contribution in [2.75, 3.05) is 13.2 Å². The van der Waals surface area contributed by atoms with Crippen LogP contribution in [0.1, 0.15) is 393 Å². The van der Waals surface area contributed by atoms with Crippen molar-refractivity contribution in [2.45, 2.75) is 399 Å². The van der Waals surface area contributed by atoms with E-state index in [-0.39, 0.29) is 25.2 Å². The lowest BCUT2D eigenvalue weighted by molar-refractivity contribution is -0.161. The molecule has 1 N–H and O–H groups in total. The lowest BCUT2D eigenvalue weighted by Gasteiger charge is -2.15. The third kappa shape index (κ3) is 63.1. The molecule has 1 unspecified atom stereocenters. The van der Waals surface area contributed by atoms with Gasteiger partial charge in [-0.05, 0) is 38.5 Å². The van der Waals surface area contributed by atoms with E-state index in [0.717, 1.165) is 32.1 Å². The highest BCUT2D eigenvalue weighted by molar-refractivity contribution is 5.70. The van der Waals surface area contributed by atoms with Gasteiger partial charge in [0, 0.05) is 12.8 Å². The average Bonchev–Trinajstić information content (AvgIpc) is 3.39. The maximum Gasteiger partial charge on any atom is 0.306 e. The predicted octanol–water partition coefficient (Wildman–Crippen LogP) is 23.0. The number of carbonyl (C=O) groups excluding carboxylic acids is 2. The van der Waals surface area contributed by atoms with E-state index in [4.69, 9.17) is 9.47 Å². The Hall–Kier alpha value is -1.36. The monoisotopic (exact) mass is 1030 g/mol. The minimum Gasteiger partial charge on any atom is -0.462 e. The Labute approximate surface area is 458 Å². The van der Waals surface area contributed by atoms with E-state index in [9.17, 15) is 14.7 Å². The standard InChI is InChI=1S/C68H132O5/c1-3-5-7-9-11-13-15-17-19-21-23-25-27-29-31-33-35-36-38-40-42-44-46-48-50-52-54-56-58-60-62-67(70)72-65-66(64-69)73-68(71)63-61-59-57-55-53-51-49-47-45-43-41-39-37-34-32-30-28-26-24-22-20-18-16-14-12-10-8-6-4-2/h22,24,66,69H,3-21,23,25-65H2,1-2H3/b24-22-. The molecule has 0 aromatic heterocycles. The molecule has 0 aliphatic carbocycles. The quantitative estimate of drug-likeness (QED) is 0.0373. The van der Waals surface area contributed by atoms with E-state index in [1.54, 1.807) is 0 Å². The Bertz CT molecular complexity index is 1070. The number of aliphatic hydroxyl groups excluding tert-OH is 1. The Morgan fingerprint density at radius 2 is 0.507 bits per heavy atom. The highest BCUT2D eigenvalue weighted by atomic mass is 16.6. The molecule has 0 rings (SSSR count). The van der Waals surface area contributed by atoms with Crippen LogP contribution in [0.5, 0.6) is 0 Å². The molecular formula is C68H132O5. The second-order valence-corrected chi connectivity index (χ2v) is 23.3. The first-order valence-electron chi connectivity index (χ1n) is 33.7. The van der Waals surface area contributed by atoms with Crippen molar-refractivity contribution in [3.8, 4) is 0 Å². The normalized spacial score (nSPS) is 12.1. The van der Waals surface area contributed by atoms with Gasteiger partial charge in [0.1, 0.15) is 6.61 Å². The fourth-order valence-corrected chi connectivity index (χ4v) is 10.7. The van der Waals surface area contributed by atoms with Gasteiger partial charge < -0.3 is 14.6 Å². The van der Waals surface area contributed by atoms with Crippen LogP contribution in [0.15, 0.2) is 12.2 Å². The van der Waals surface area contributed by atoms with E-state index in [1.165, 1.54) is 334 Å². The Kier molecular flexibility index (Phi) is 63.7. The van der Waals surface area contributed by atoms with E-state index in [0.29, 0.717) is 12.8 Å². The van der Waals surface area contributed by atoms with Crippen LogP contribution in [0, 0.1) is 0 Å². The van der Waals surface area contributed by atoms with Gasteiger partial charge in [0.25, 0.3) is 0 Å². The van der Waals surface area contributed by atoms with Crippen LogP contribution in [-0.4, -0.2) is 36.4 Å². The largest absolute Gasteiger partial charge is 0.462 e. The molecule has 0 spiro atoms. The summed E-state index contributed by atoms with van der Waals surface area (Å²) >= 11 is 0. The third-order valence-corrected chi connectivity index (χ3v) is 15.8. The molecule has 5 nitrogen and oxygen atoms in total. The summed E-state index contributed by atoms with van der Waals surface area (Å²) < 4.78 is 10.8. The lowest BCUT2D eigenvalue weighted by Crippen LogP contribution is -2.28. The van der Waals surface area contributed by atoms with Crippen LogP contribution >= 0.6 is 0 Å². The molecule has 0 saturated carbocycles. The summed E-state index contributed by atoms with van der Waals surface area (Å²) in [7, 11) is 0. The van der Waals surface area contributed by atoms with Crippen LogP contribution in [0.2, 0.25) is 0 Å². The number of aliphatic hydroxyl groups is 1. The summed E-state index contributed by atoms with van der Waals surface area (Å²) in [5, 5.41) is 9.69. The zero-order valence-electron chi connectivity index (χ0n) is 49.9. The summed E-state index contributed by atoms with van der Waals surface area (Å²) in [6, 6.07) is 0. The number of hydrogen-bond acceptors (Lipinski definition) is 5. The number of hydrogen-bond donors (Lipinski definition) is 1. The molecule has 0 aromatic carbocycles. The van der Waals surface area contributed by atoms with Crippen LogP contribution in [0.25, 0.3) is 0 Å². The molecule has 0 heterocycles. The van der Waals surface area contributed by atoms with Gasteiger partial charge in [-0.1, -0.05) is 353 Å². The summed E-state index contributed by atoms with van der Waals surface area (Å²) in [5.74, 6) is -0.562. The summed E-state index contributed by atoms with van der Waals surface area (Å²) in [6.45, 7) is 4.22. The number of carbonyl (C=O) groups is 2. The van der Waals surface area contributed by atoms with E-state index in [2.05, 4.69) is 26.0 Å². The fourth-order valence-electron chi connectivity index (χ4n) is 10.7. The molecule has 0 fully saturated rings. The van der Waals surface area contributed by atoms with Crippen molar-refractivity contribution < 1.29 is 24.2 Å². The minimum absolute atomic E-state index is 0.0570. The lowest BCUT2D eigenvalue weighted by atomic mass is 10.0. The number of rotatable bonds is 64. The van der Waals surface area contributed by atoms with Gasteiger partial charge in [0.2, 0.25) is 0 Å². The van der Waals surface area contributed by atoms with Crippen LogP contribution in [0.3, 0.4) is 0 Å². The van der Waals surface area contributed by atoms with Gasteiger partial charge in [-0.25, -0.2) is 0 Å². The van der Waals surface area contributed by atoms with Gasteiger partial charge in [0.15, 0.2) is 6.10 Å². The topological polar surface area (TPSA) is 72.8 Å². The Morgan fingerprint density at radius 3 is 0.740 bits per heavy atom. The van der Waals surface area contributed by atoms with Crippen molar-refractivity contribution in [3.05, 3.63) is 12.2 Å². The van der Waals surface area contributed by atoms with Crippen LogP contribution < -0.4 is 0 Å². The zero-order valence-corrected chi connectivity index (χ0v) is 49.9. The second-order valence-electron chi connectivity index (χ2n) is 23.3. The molecule has 0 aliphatic rings. The Morgan fingerprint density at radius 1 is 0.301 bits per heavy atom. The molecule has 0 aliphatic heterocycles. The first-order chi connectivity index (χ1) is 36.1. The molecule has 434 valence electrons. The molecule has 73 heavy (non-hydrogen) atoms. The number of esters is 2. The maximum absolute atomic E-state index is 12.3. The summed E-state index contributed by atoms with van der Waals surface area (Å²) in [6.07, 6.45) is 82.4. The van der Waals surface area contributed by atoms with Crippen molar-refractivity contribution in [2.24, 2.45) is 0 Å². The van der Waals surface area contributed by atoms with Crippen molar-refractivity contribution in [1.82, 2.24) is 0 Å². The molecule has 0 bridgehead atoms. The minimum atomic E-state index is -0.767. The number of unbranched alkanes of at least 4 members (excludes halogenated alkanes) is 54. The van der Waals surface area contributed by atoms with Gasteiger partial charge >= 0.3 is 11.9 Å². The van der Waals surface area contributed by atoms with Crippen molar-refractivity contribution in [1.29, 1.82) is 0 Å². The highest BCUT2D eigenvalue weighted by Crippen LogP contribution is 2.19. The van der Waals surface area contributed by atoms with Crippen LogP contribution in [0.4, 0.5) is 0 Å². The molecule has 5 heteroatoms. The molecule has 0 radical (unpaired) electrons. The van der Waals surface area contributed by atoms with Crippen molar-refractivity contribution >= 4 is 11.9 Å². The number of allylic oxidation sites excluding steroid dienone is 2. The van der Waals surface area contributed by atoms with Crippen LogP contribution in [-0.2, 0) is 19.1 Å². The van der Waals surface area contributed by atoms with Gasteiger partial charge in [-0.15, -0.1) is 0 Å². The van der Waals surface area contributed by atoms with E-state index < -0.39 is 6.10 Å². The number of ether oxygens (including phenoxy) is 2. The fraction of sp³-hybridized carbons (Fsp3) is 0.941. The van der Waals surface area contributed by atoms with Gasteiger partial charge in [-0.2, -0.15) is 0 Å². The molecular weight excluding hydrogens is 897 g/mol.